The van der Waals surface area contributed by atoms with Crippen molar-refractivity contribution in [3.8, 4) is 11.1 Å². The number of piperidine rings is 1. The van der Waals surface area contributed by atoms with E-state index < -0.39 is 23.3 Å². The van der Waals surface area contributed by atoms with Crippen molar-refractivity contribution < 1.29 is 22.8 Å². The fourth-order valence-corrected chi connectivity index (χ4v) is 7.08. The third-order valence-electron chi connectivity index (χ3n) is 9.09. The number of imide groups is 1. The first-order valence-corrected chi connectivity index (χ1v) is 15.2. The molecule has 0 N–H and O–H groups in total. The second-order valence-corrected chi connectivity index (χ2v) is 12.0. The van der Waals surface area contributed by atoms with Gasteiger partial charge >= 0.3 is 12.2 Å². The molecule has 0 aliphatic carbocycles. The van der Waals surface area contributed by atoms with Crippen LogP contribution in [0.1, 0.15) is 43.7 Å². The molecule has 3 fully saturated rings. The fraction of sp³-hybridized carbons (Fsp3) is 0.394. The number of rotatable bonds is 6. The Kier molecular flexibility index (Phi) is 7.89. The van der Waals surface area contributed by atoms with Crippen LogP contribution in [0.2, 0.25) is 5.02 Å². The summed E-state index contributed by atoms with van der Waals surface area (Å²) in [5.74, 6) is -0.334. The topological polar surface area (TPSA) is 47.1 Å². The number of likely N-dealkylation sites (tertiary alicyclic amines) is 1. The van der Waals surface area contributed by atoms with Crippen LogP contribution in [-0.2, 0) is 17.5 Å². The molecular formula is C33H34ClF3N4O2. The number of benzene rings is 3. The smallest absolute Gasteiger partial charge is 0.372 e. The average molecular weight is 611 g/mol. The van der Waals surface area contributed by atoms with Crippen LogP contribution in [0.5, 0.6) is 0 Å². The summed E-state index contributed by atoms with van der Waals surface area (Å²) in [7, 11) is 0. The van der Waals surface area contributed by atoms with E-state index in [1.807, 2.05) is 6.92 Å². The molecule has 3 aliphatic rings. The Morgan fingerprint density at radius 3 is 2.19 bits per heavy atom. The maximum Gasteiger partial charge on any atom is 0.417 e. The van der Waals surface area contributed by atoms with Crippen molar-refractivity contribution in [3.05, 3.63) is 82.9 Å². The molecule has 3 heterocycles. The third kappa shape index (κ3) is 5.38. The molecule has 10 heteroatoms. The van der Waals surface area contributed by atoms with E-state index in [1.54, 1.807) is 4.90 Å². The summed E-state index contributed by atoms with van der Waals surface area (Å²) in [6.45, 7) is 6.48. The van der Waals surface area contributed by atoms with Crippen molar-refractivity contribution in [2.45, 2.75) is 50.9 Å². The standard InChI is InChI=1S/C33H34ClF3N4O2/c1-2-40-31(43)41(29-14-11-24(21-28(29)34)26-7-3-4-8-27(26)33(35,36)37)30(42)32(40)15-19-38(20-16-32)22-23-9-12-25(13-10-23)39-17-5-6-18-39/h3-4,7-14,21H,2,5-6,15-20,22H2,1H3. The summed E-state index contributed by atoms with van der Waals surface area (Å²) in [5, 5.41) is 0.0408. The van der Waals surface area contributed by atoms with Crippen LogP contribution in [0, 0.1) is 0 Å². The van der Waals surface area contributed by atoms with E-state index in [1.165, 1.54) is 60.5 Å². The molecule has 0 atom stereocenters. The number of alkyl halides is 3. The zero-order valence-electron chi connectivity index (χ0n) is 24.0. The van der Waals surface area contributed by atoms with Crippen LogP contribution in [0.3, 0.4) is 0 Å². The van der Waals surface area contributed by atoms with Gasteiger partial charge in [0.25, 0.3) is 5.91 Å². The minimum Gasteiger partial charge on any atom is -0.372 e. The van der Waals surface area contributed by atoms with Gasteiger partial charge in [-0.15, -0.1) is 0 Å². The quantitative estimate of drug-likeness (QED) is 0.272. The van der Waals surface area contributed by atoms with Crippen molar-refractivity contribution in [3.63, 3.8) is 0 Å². The first kappa shape index (κ1) is 29.5. The Balaban J connectivity index is 1.19. The van der Waals surface area contributed by atoms with E-state index in [4.69, 9.17) is 11.6 Å². The van der Waals surface area contributed by atoms with Gasteiger partial charge in [0, 0.05) is 45.0 Å². The number of halogens is 4. The van der Waals surface area contributed by atoms with Crippen LogP contribution in [0.25, 0.3) is 11.1 Å². The molecule has 226 valence electrons. The highest BCUT2D eigenvalue weighted by atomic mass is 35.5. The molecule has 0 unspecified atom stereocenters. The largest absolute Gasteiger partial charge is 0.417 e. The van der Waals surface area contributed by atoms with Gasteiger partial charge in [0.1, 0.15) is 5.54 Å². The summed E-state index contributed by atoms with van der Waals surface area (Å²) in [6.07, 6.45) is -1.09. The van der Waals surface area contributed by atoms with Crippen LogP contribution in [0.15, 0.2) is 66.7 Å². The summed E-state index contributed by atoms with van der Waals surface area (Å²) < 4.78 is 40.9. The zero-order valence-corrected chi connectivity index (χ0v) is 24.8. The number of urea groups is 1. The maximum absolute atomic E-state index is 14.0. The molecule has 6 nitrogen and oxygen atoms in total. The van der Waals surface area contributed by atoms with Crippen LogP contribution in [0.4, 0.5) is 29.3 Å². The Bertz CT molecular complexity index is 1510. The number of carbonyl (C=O) groups is 2. The lowest BCUT2D eigenvalue weighted by atomic mass is 9.85. The number of likely N-dealkylation sites (N-methyl/N-ethyl adjacent to an activating group) is 1. The molecule has 1 spiro atoms. The zero-order chi connectivity index (χ0) is 30.4. The van der Waals surface area contributed by atoms with Gasteiger partial charge in [-0.1, -0.05) is 48.0 Å². The van der Waals surface area contributed by atoms with E-state index in [0.29, 0.717) is 32.5 Å². The molecule has 43 heavy (non-hydrogen) atoms. The Labute approximate surface area is 254 Å². The number of anilines is 2. The summed E-state index contributed by atoms with van der Waals surface area (Å²) >= 11 is 6.58. The predicted octanol–water partition coefficient (Wildman–Crippen LogP) is 7.45. The van der Waals surface area contributed by atoms with Crippen molar-refractivity contribution in [2.75, 3.05) is 42.5 Å². The lowest BCUT2D eigenvalue weighted by molar-refractivity contribution is -0.137. The highest BCUT2D eigenvalue weighted by molar-refractivity contribution is 6.36. The molecule has 3 aromatic rings. The van der Waals surface area contributed by atoms with Crippen LogP contribution < -0.4 is 9.80 Å². The van der Waals surface area contributed by atoms with E-state index >= 15 is 0 Å². The minimum absolute atomic E-state index is 0.0211. The lowest BCUT2D eigenvalue weighted by Gasteiger charge is -2.42. The summed E-state index contributed by atoms with van der Waals surface area (Å²) in [5.41, 5.74) is 1.12. The molecule has 0 saturated carbocycles. The lowest BCUT2D eigenvalue weighted by Crippen LogP contribution is -2.56. The molecule has 3 amide bonds. The van der Waals surface area contributed by atoms with Gasteiger partial charge in [0.15, 0.2) is 0 Å². The maximum atomic E-state index is 14.0. The van der Waals surface area contributed by atoms with Gasteiger partial charge in [-0.3, -0.25) is 9.69 Å². The van der Waals surface area contributed by atoms with Gasteiger partial charge < -0.3 is 9.80 Å². The van der Waals surface area contributed by atoms with Gasteiger partial charge in [-0.25, -0.2) is 9.69 Å². The van der Waals surface area contributed by atoms with Crippen molar-refractivity contribution in [1.82, 2.24) is 9.80 Å². The predicted molar refractivity (Wildman–Crippen MR) is 162 cm³/mol. The molecule has 3 aromatic carbocycles. The second kappa shape index (κ2) is 11.5. The number of carbonyl (C=O) groups excluding carboxylic acids is 2. The first-order valence-electron chi connectivity index (χ1n) is 14.8. The van der Waals surface area contributed by atoms with E-state index in [2.05, 4.69) is 34.1 Å². The third-order valence-corrected chi connectivity index (χ3v) is 9.39. The van der Waals surface area contributed by atoms with E-state index in [0.717, 1.165) is 30.6 Å². The van der Waals surface area contributed by atoms with E-state index in [9.17, 15) is 22.8 Å². The molecule has 3 saturated heterocycles. The highest BCUT2D eigenvalue weighted by Crippen LogP contribution is 2.43. The van der Waals surface area contributed by atoms with Gasteiger partial charge in [0.2, 0.25) is 0 Å². The Morgan fingerprint density at radius 2 is 1.56 bits per heavy atom. The molecule has 6 rings (SSSR count). The average Bonchev–Trinajstić information content (AvgIpc) is 3.60. The van der Waals surface area contributed by atoms with Crippen molar-refractivity contribution in [2.24, 2.45) is 0 Å². The highest BCUT2D eigenvalue weighted by Gasteiger charge is 2.58. The van der Waals surface area contributed by atoms with Crippen LogP contribution in [-0.4, -0.2) is 60.0 Å². The van der Waals surface area contributed by atoms with Crippen molar-refractivity contribution in [1.29, 1.82) is 0 Å². The summed E-state index contributed by atoms with van der Waals surface area (Å²) in [6, 6.07) is 17.8. The number of nitrogens with zero attached hydrogens (tertiary/aromatic N) is 4. The van der Waals surface area contributed by atoms with Crippen molar-refractivity contribution >= 4 is 34.9 Å². The monoisotopic (exact) mass is 610 g/mol. The Hall–Kier alpha value is -3.56. The van der Waals surface area contributed by atoms with Gasteiger partial charge in [0.05, 0.1) is 16.3 Å². The number of amides is 3. The molecule has 3 aliphatic heterocycles. The minimum atomic E-state index is -4.54. The number of hydrogen-bond acceptors (Lipinski definition) is 4. The first-order chi connectivity index (χ1) is 20.6. The fourth-order valence-electron chi connectivity index (χ4n) is 6.81. The molecule has 0 aromatic heterocycles. The Morgan fingerprint density at radius 1 is 0.884 bits per heavy atom. The molecule has 0 radical (unpaired) electrons. The SMILES string of the molecule is CCN1C(=O)N(c2ccc(-c3ccccc3C(F)(F)F)cc2Cl)C(=O)C12CCN(Cc1ccc(N3CCCC3)cc1)CC2. The second-order valence-electron chi connectivity index (χ2n) is 11.5. The number of hydrogen-bond donors (Lipinski definition) is 0. The van der Waals surface area contributed by atoms with E-state index in [-0.39, 0.29) is 27.7 Å². The van der Waals surface area contributed by atoms with Gasteiger partial charge in [-0.2, -0.15) is 13.2 Å². The summed E-state index contributed by atoms with van der Waals surface area (Å²) in [4.78, 5) is 35.1. The van der Waals surface area contributed by atoms with Crippen LogP contribution >= 0.6 is 11.6 Å². The molecule has 0 bridgehead atoms. The molecular weight excluding hydrogens is 577 g/mol. The normalized spacial score (nSPS) is 19.2. The van der Waals surface area contributed by atoms with Gasteiger partial charge in [-0.05, 0) is 79.6 Å².